The molecule has 0 spiro atoms. The number of nitrogens with one attached hydrogen (secondary N) is 1. The Morgan fingerprint density at radius 3 is 2.56 bits per heavy atom. The molecule has 1 aromatic heterocycles. The van der Waals surface area contributed by atoms with E-state index in [9.17, 15) is 14.9 Å². The minimum absolute atomic E-state index is 0.133. The van der Waals surface area contributed by atoms with Crippen LogP contribution in [0.25, 0.3) is 6.08 Å². The lowest BCUT2D eigenvalue weighted by Gasteiger charge is -2.17. The van der Waals surface area contributed by atoms with Gasteiger partial charge in [0.1, 0.15) is 11.1 Å². The number of halogens is 1. The molecule has 0 radical (unpaired) electrons. The fourth-order valence-corrected chi connectivity index (χ4v) is 3.85. The van der Waals surface area contributed by atoms with E-state index in [1.807, 2.05) is 26.0 Å². The highest BCUT2D eigenvalue weighted by molar-refractivity contribution is 7.18. The molecule has 0 aliphatic carbocycles. The number of amides is 2. The number of anilines is 1. The van der Waals surface area contributed by atoms with Crippen molar-refractivity contribution in [1.82, 2.24) is 4.90 Å². The predicted molar refractivity (Wildman–Crippen MR) is 110 cm³/mol. The number of hydrogen-bond donors (Lipinski definition) is 1. The van der Waals surface area contributed by atoms with Crippen molar-refractivity contribution in [3.63, 3.8) is 0 Å². The van der Waals surface area contributed by atoms with Gasteiger partial charge in [0, 0.05) is 24.2 Å². The number of nitrogens with zero attached hydrogens (tertiary/aromatic N) is 2. The number of carbonyl (C=O) groups excluding carboxylic acids is 2. The van der Waals surface area contributed by atoms with Gasteiger partial charge < -0.3 is 10.2 Å². The highest BCUT2D eigenvalue weighted by atomic mass is 35.5. The molecule has 2 aromatic rings. The van der Waals surface area contributed by atoms with E-state index in [-0.39, 0.29) is 5.91 Å². The van der Waals surface area contributed by atoms with Gasteiger partial charge >= 0.3 is 0 Å². The Morgan fingerprint density at radius 1 is 1.30 bits per heavy atom. The number of hydrogen-bond acceptors (Lipinski definition) is 4. The summed E-state index contributed by atoms with van der Waals surface area (Å²) < 4.78 is 0. The third-order valence-electron chi connectivity index (χ3n) is 4.06. The monoisotopic (exact) mass is 401 g/mol. The van der Waals surface area contributed by atoms with Gasteiger partial charge in [-0.25, -0.2) is 0 Å². The minimum atomic E-state index is -0.394. The summed E-state index contributed by atoms with van der Waals surface area (Å²) in [4.78, 5) is 27.0. The second-order valence-corrected chi connectivity index (χ2v) is 7.12. The quantitative estimate of drug-likeness (QED) is 0.712. The van der Waals surface area contributed by atoms with Gasteiger partial charge in [-0.15, -0.1) is 11.3 Å². The summed E-state index contributed by atoms with van der Waals surface area (Å²) in [6.07, 6.45) is 2.95. The van der Waals surface area contributed by atoms with Crippen molar-refractivity contribution in [3.8, 4) is 6.07 Å². The molecule has 0 unspecified atom stereocenters. The van der Waals surface area contributed by atoms with Crippen LogP contribution in [0.4, 0.5) is 5.00 Å². The molecule has 27 heavy (non-hydrogen) atoms. The molecule has 2 amide bonds. The third kappa shape index (κ3) is 4.76. The van der Waals surface area contributed by atoms with E-state index in [1.54, 1.807) is 30.0 Å². The van der Waals surface area contributed by atoms with Crippen LogP contribution in [0.3, 0.4) is 0 Å². The van der Waals surface area contributed by atoms with Gasteiger partial charge in [-0.2, -0.15) is 5.26 Å². The number of nitriles is 1. The van der Waals surface area contributed by atoms with Crippen molar-refractivity contribution in [2.45, 2.75) is 20.8 Å². The van der Waals surface area contributed by atoms with Crippen LogP contribution in [0.1, 0.15) is 40.2 Å². The molecular formula is C20H20ClN3O2S. The lowest BCUT2D eigenvalue weighted by molar-refractivity contribution is -0.111. The van der Waals surface area contributed by atoms with Crippen molar-refractivity contribution in [1.29, 1.82) is 5.26 Å². The summed E-state index contributed by atoms with van der Waals surface area (Å²) in [5, 5.41) is 13.1. The summed E-state index contributed by atoms with van der Waals surface area (Å²) in [6, 6.07) is 9.25. The standard InChI is InChI=1S/C20H20ClN3O2S/c1-4-24(5-2)20(26)18-13(3)15(12-22)19(27-18)23-17(25)11-10-14-8-6-7-9-16(14)21/h6-11H,4-5H2,1-3H3,(H,23,25)/b11-10-. The lowest BCUT2D eigenvalue weighted by Crippen LogP contribution is -2.30. The Balaban J connectivity index is 2.25. The van der Waals surface area contributed by atoms with E-state index in [1.165, 1.54) is 6.08 Å². The molecule has 0 saturated heterocycles. The zero-order chi connectivity index (χ0) is 20.0. The Hall–Kier alpha value is -2.62. The molecule has 5 nitrogen and oxygen atoms in total. The molecule has 140 valence electrons. The summed E-state index contributed by atoms with van der Waals surface area (Å²) in [5.41, 5.74) is 1.62. The fourth-order valence-electron chi connectivity index (χ4n) is 2.52. The van der Waals surface area contributed by atoms with Crippen LogP contribution in [-0.2, 0) is 4.79 Å². The molecule has 0 bridgehead atoms. The Morgan fingerprint density at radius 2 is 1.96 bits per heavy atom. The zero-order valence-electron chi connectivity index (χ0n) is 15.4. The topological polar surface area (TPSA) is 73.2 Å². The molecule has 1 N–H and O–H groups in total. The highest BCUT2D eigenvalue weighted by Crippen LogP contribution is 2.33. The van der Waals surface area contributed by atoms with Crippen LogP contribution in [-0.4, -0.2) is 29.8 Å². The maximum Gasteiger partial charge on any atom is 0.264 e. The normalized spacial score (nSPS) is 10.6. The van der Waals surface area contributed by atoms with Crippen molar-refractivity contribution in [2.75, 3.05) is 18.4 Å². The predicted octanol–water partition coefficient (Wildman–Crippen LogP) is 4.72. The largest absolute Gasteiger partial charge is 0.338 e. The van der Waals surface area contributed by atoms with Crippen LogP contribution < -0.4 is 5.32 Å². The molecule has 0 saturated carbocycles. The van der Waals surface area contributed by atoms with Gasteiger partial charge in [0.15, 0.2) is 0 Å². The van der Waals surface area contributed by atoms with E-state index in [0.717, 1.165) is 16.9 Å². The number of carbonyl (C=O) groups is 2. The van der Waals surface area contributed by atoms with Crippen LogP contribution in [0.2, 0.25) is 5.02 Å². The van der Waals surface area contributed by atoms with E-state index in [4.69, 9.17) is 11.6 Å². The lowest BCUT2D eigenvalue weighted by atomic mass is 10.1. The first-order chi connectivity index (χ1) is 12.9. The summed E-state index contributed by atoms with van der Waals surface area (Å²) in [7, 11) is 0. The average Bonchev–Trinajstić information content (AvgIpc) is 2.97. The van der Waals surface area contributed by atoms with Gasteiger partial charge in [0.05, 0.1) is 10.4 Å². The maximum atomic E-state index is 12.6. The minimum Gasteiger partial charge on any atom is -0.338 e. The third-order valence-corrected chi connectivity index (χ3v) is 5.60. The Bertz CT molecular complexity index is 924. The summed E-state index contributed by atoms with van der Waals surface area (Å²) >= 11 is 7.19. The van der Waals surface area contributed by atoms with E-state index < -0.39 is 5.91 Å². The van der Waals surface area contributed by atoms with Gasteiger partial charge in [-0.05, 0) is 44.0 Å². The molecule has 0 fully saturated rings. The highest BCUT2D eigenvalue weighted by Gasteiger charge is 2.23. The second-order valence-electron chi connectivity index (χ2n) is 5.69. The Kier molecular flexibility index (Phi) is 7.17. The van der Waals surface area contributed by atoms with Crippen LogP contribution >= 0.6 is 22.9 Å². The molecule has 7 heteroatoms. The molecule has 1 heterocycles. The van der Waals surface area contributed by atoms with Crippen molar-refractivity contribution in [2.24, 2.45) is 0 Å². The van der Waals surface area contributed by atoms with E-state index >= 15 is 0 Å². The molecular weight excluding hydrogens is 382 g/mol. The zero-order valence-corrected chi connectivity index (χ0v) is 16.9. The number of benzene rings is 1. The second kappa shape index (κ2) is 9.36. The summed E-state index contributed by atoms with van der Waals surface area (Å²) in [6.45, 7) is 6.68. The van der Waals surface area contributed by atoms with Crippen LogP contribution in [0, 0.1) is 18.3 Å². The van der Waals surface area contributed by atoms with Gasteiger partial charge in [-0.1, -0.05) is 29.8 Å². The first-order valence-electron chi connectivity index (χ1n) is 8.49. The Labute approximate surface area is 167 Å². The van der Waals surface area contributed by atoms with Gasteiger partial charge in [0.2, 0.25) is 5.91 Å². The van der Waals surface area contributed by atoms with Crippen molar-refractivity contribution < 1.29 is 9.59 Å². The number of rotatable bonds is 6. The molecule has 0 aliphatic heterocycles. The first-order valence-corrected chi connectivity index (χ1v) is 9.68. The van der Waals surface area contributed by atoms with Crippen molar-refractivity contribution in [3.05, 3.63) is 56.9 Å². The average molecular weight is 402 g/mol. The number of thiophene rings is 1. The van der Waals surface area contributed by atoms with Crippen LogP contribution in [0.15, 0.2) is 30.3 Å². The summed E-state index contributed by atoms with van der Waals surface area (Å²) in [5.74, 6) is -0.527. The smallest absolute Gasteiger partial charge is 0.264 e. The molecule has 1 aromatic carbocycles. The van der Waals surface area contributed by atoms with E-state index in [2.05, 4.69) is 11.4 Å². The van der Waals surface area contributed by atoms with Gasteiger partial charge in [0.25, 0.3) is 5.91 Å². The fraction of sp³-hybridized carbons (Fsp3) is 0.250. The SMILES string of the molecule is CCN(CC)C(=O)c1sc(NC(=O)/C=C\c2ccccc2Cl)c(C#N)c1C. The molecule has 0 aliphatic rings. The first kappa shape index (κ1) is 20.7. The molecule has 0 atom stereocenters. The van der Waals surface area contributed by atoms with Crippen LogP contribution in [0.5, 0.6) is 0 Å². The maximum absolute atomic E-state index is 12.6. The van der Waals surface area contributed by atoms with E-state index in [0.29, 0.717) is 39.1 Å². The van der Waals surface area contributed by atoms with Crippen molar-refractivity contribution >= 4 is 45.8 Å². The molecule has 2 rings (SSSR count). The van der Waals surface area contributed by atoms with Gasteiger partial charge in [-0.3, -0.25) is 9.59 Å².